The van der Waals surface area contributed by atoms with Gasteiger partial charge in [0.2, 0.25) is 0 Å². The van der Waals surface area contributed by atoms with Crippen molar-refractivity contribution in [3.05, 3.63) is 118 Å². The number of rotatable bonds is 2. The predicted molar refractivity (Wildman–Crippen MR) is 123 cm³/mol. The Labute approximate surface area is 189 Å². The summed E-state index contributed by atoms with van der Waals surface area (Å²) in [6, 6.07) is 16.4. The normalized spacial score (nSPS) is 10.3. The first-order valence-electron chi connectivity index (χ1n) is 10.4. The van der Waals surface area contributed by atoms with Gasteiger partial charge in [0, 0.05) is 11.1 Å². The van der Waals surface area contributed by atoms with Crippen molar-refractivity contribution < 1.29 is 17.6 Å². The molecule has 0 aliphatic rings. The van der Waals surface area contributed by atoms with Crippen molar-refractivity contribution >= 4 is 10.8 Å². The monoisotopic (exact) mass is 442 g/mol. The number of hydrogen-bond donors (Lipinski definition) is 0. The molecule has 0 nitrogen and oxygen atoms in total. The maximum absolute atomic E-state index is 14.5. The molecule has 0 N–H and O–H groups in total. The van der Waals surface area contributed by atoms with Crippen LogP contribution in [0.5, 0.6) is 0 Å². The quantitative estimate of drug-likeness (QED) is 0.228. The molecule has 4 heteroatoms. The molecular weight excluding hydrogens is 424 g/mol. The maximum atomic E-state index is 14.5. The molecule has 0 aromatic heterocycles. The van der Waals surface area contributed by atoms with Gasteiger partial charge in [0.05, 0.1) is 11.1 Å². The van der Waals surface area contributed by atoms with Crippen LogP contribution >= 0.6 is 0 Å². The van der Waals surface area contributed by atoms with Crippen LogP contribution in [0.3, 0.4) is 0 Å². The Morgan fingerprint density at radius 2 is 1.12 bits per heavy atom. The first-order chi connectivity index (χ1) is 15.9. The predicted octanol–water partition coefficient (Wildman–Crippen LogP) is 7.15. The van der Waals surface area contributed by atoms with E-state index in [1.165, 1.54) is 18.2 Å². The Kier molecular flexibility index (Phi) is 6.48. The van der Waals surface area contributed by atoms with Crippen LogP contribution in [-0.4, -0.2) is 0 Å². The summed E-state index contributed by atoms with van der Waals surface area (Å²) in [4.78, 5) is 0. The van der Waals surface area contributed by atoms with E-state index in [1.807, 2.05) is 13.0 Å². The molecule has 0 amide bonds. The summed E-state index contributed by atoms with van der Waals surface area (Å²) < 4.78 is 55.5. The second kappa shape index (κ2) is 9.63. The second-order valence-corrected chi connectivity index (χ2v) is 7.59. The lowest BCUT2D eigenvalue weighted by molar-refractivity contribution is 0.511. The van der Waals surface area contributed by atoms with E-state index >= 15 is 0 Å². The Morgan fingerprint density at radius 1 is 0.545 bits per heavy atom. The zero-order valence-electron chi connectivity index (χ0n) is 17.8. The van der Waals surface area contributed by atoms with Crippen LogP contribution in [0.1, 0.15) is 41.2 Å². The van der Waals surface area contributed by atoms with E-state index in [4.69, 9.17) is 0 Å². The summed E-state index contributed by atoms with van der Waals surface area (Å²) in [6.45, 7) is 2.03. The van der Waals surface area contributed by atoms with Gasteiger partial charge in [0.15, 0.2) is 11.6 Å². The molecule has 33 heavy (non-hydrogen) atoms. The van der Waals surface area contributed by atoms with Gasteiger partial charge in [-0.15, -0.1) is 0 Å². The van der Waals surface area contributed by atoms with E-state index in [-0.39, 0.29) is 11.1 Å². The zero-order chi connectivity index (χ0) is 23.4. The van der Waals surface area contributed by atoms with Crippen molar-refractivity contribution in [2.45, 2.75) is 19.8 Å². The standard InChI is InChI=1S/C29H18F4/c1-2-3-19-4-9-22(26(30)15-19)11-6-21-7-12-23(27(31)16-21)10-5-20-8-13-24-17-28(32)29(33)18-25(24)14-20/h4,7-9,12-18H,2-3H2,1H3. The summed E-state index contributed by atoms with van der Waals surface area (Å²) >= 11 is 0. The summed E-state index contributed by atoms with van der Waals surface area (Å²) in [5, 5.41) is 1.05. The third kappa shape index (κ3) is 5.25. The third-order valence-electron chi connectivity index (χ3n) is 5.10. The van der Waals surface area contributed by atoms with Gasteiger partial charge < -0.3 is 0 Å². The Balaban J connectivity index is 1.55. The molecule has 4 aromatic rings. The summed E-state index contributed by atoms with van der Waals surface area (Å²) in [7, 11) is 0. The topological polar surface area (TPSA) is 0 Å². The van der Waals surface area contributed by atoms with Crippen LogP contribution < -0.4 is 0 Å². The molecule has 0 aliphatic carbocycles. The molecule has 0 unspecified atom stereocenters. The maximum Gasteiger partial charge on any atom is 0.159 e. The van der Waals surface area contributed by atoms with Gasteiger partial charge in [-0.1, -0.05) is 49.2 Å². The molecule has 0 atom stereocenters. The molecule has 0 saturated heterocycles. The lowest BCUT2D eigenvalue weighted by Crippen LogP contribution is -1.90. The van der Waals surface area contributed by atoms with Crippen LogP contribution in [0.15, 0.2) is 66.7 Å². The molecule has 0 radical (unpaired) electrons. The van der Waals surface area contributed by atoms with Gasteiger partial charge in [-0.05, 0) is 77.4 Å². The van der Waals surface area contributed by atoms with Crippen LogP contribution in [0, 0.1) is 47.0 Å². The first-order valence-corrected chi connectivity index (χ1v) is 10.4. The van der Waals surface area contributed by atoms with E-state index in [9.17, 15) is 17.6 Å². The van der Waals surface area contributed by atoms with Gasteiger partial charge >= 0.3 is 0 Å². The van der Waals surface area contributed by atoms with E-state index in [0.29, 0.717) is 21.9 Å². The molecule has 0 fully saturated rings. The van der Waals surface area contributed by atoms with Crippen molar-refractivity contribution in [2.24, 2.45) is 0 Å². The van der Waals surface area contributed by atoms with Crippen molar-refractivity contribution in [2.75, 3.05) is 0 Å². The van der Waals surface area contributed by atoms with Gasteiger partial charge in [-0.2, -0.15) is 0 Å². The minimum atomic E-state index is -0.938. The van der Waals surface area contributed by atoms with Crippen molar-refractivity contribution in [1.82, 2.24) is 0 Å². The Morgan fingerprint density at radius 3 is 1.76 bits per heavy atom. The molecule has 4 aromatic carbocycles. The number of aryl methyl sites for hydroxylation is 1. The van der Waals surface area contributed by atoms with E-state index in [2.05, 4.69) is 23.7 Å². The highest BCUT2D eigenvalue weighted by molar-refractivity contribution is 5.84. The number of hydrogen-bond acceptors (Lipinski definition) is 0. The van der Waals surface area contributed by atoms with Crippen LogP contribution in [0.4, 0.5) is 17.6 Å². The summed E-state index contributed by atoms with van der Waals surface area (Å²) in [5.41, 5.74) is 2.28. The molecule has 0 heterocycles. The fourth-order valence-corrected chi connectivity index (χ4v) is 3.40. The molecule has 4 rings (SSSR count). The van der Waals surface area contributed by atoms with Crippen molar-refractivity contribution in [1.29, 1.82) is 0 Å². The van der Waals surface area contributed by atoms with E-state index < -0.39 is 23.3 Å². The minimum absolute atomic E-state index is 0.168. The molecule has 162 valence electrons. The van der Waals surface area contributed by atoms with Crippen LogP contribution in [0.2, 0.25) is 0 Å². The molecule has 0 spiro atoms. The average molecular weight is 442 g/mol. The van der Waals surface area contributed by atoms with Crippen molar-refractivity contribution in [3.8, 4) is 23.7 Å². The number of halogens is 4. The van der Waals surface area contributed by atoms with Crippen molar-refractivity contribution in [3.63, 3.8) is 0 Å². The Bertz CT molecular complexity index is 1480. The van der Waals surface area contributed by atoms with E-state index in [1.54, 1.807) is 30.3 Å². The lowest BCUT2D eigenvalue weighted by atomic mass is 10.1. The molecule has 0 saturated carbocycles. The highest BCUT2D eigenvalue weighted by atomic mass is 19.2. The van der Waals surface area contributed by atoms with Gasteiger partial charge in [0.1, 0.15) is 11.6 Å². The first kappa shape index (κ1) is 22.2. The molecule has 0 bridgehead atoms. The van der Waals surface area contributed by atoms with Gasteiger partial charge in [0.25, 0.3) is 0 Å². The van der Waals surface area contributed by atoms with Gasteiger partial charge in [-0.3, -0.25) is 0 Å². The largest absolute Gasteiger partial charge is 0.206 e. The molecular formula is C29H18F4. The van der Waals surface area contributed by atoms with Gasteiger partial charge in [-0.25, -0.2) is 17.6 Å². The summed E-state index contributed by atoms with van der Waals surface area (Å²) in [6.07, 6.45) is 1.73. The third-order valence-corrected chi connectivity index (χ3v) is 5.10. The molecule has 0 aliphatic heterocycles. The number of fused-ring (bicyclic) bond motifs is 1. The highest BCUT2D eigenvalue weighted by Crippen LogP contribution is 2.20. The Hall–Kier alpha value is -4.02. The smallest absolute Gasteiger partial charge is 0.159 e. The SMILES string of the molecule is CCCc1ccc(C#Cc2ccc(C#Cc3ccc4cc(F)c(F)cc4c3)c(F)c2)c(F)c1. The highest BCUT2D eigenvalue weighted by Gasteiger charge is 2.05. The fourth-order valence-electron chi connectivity index (χ4n) is 3.40. The zero-order valence-corrected chi connectivity index (χ0v) is 17.8. The average Bonchev–Trinajstić information content (AvgIpc) is 2.79. The van der Waals surface area contributed by atoms with Crippen LogP contribution in [0.25, 0.3) is 10.8 Å². The van der Waals surface area contributed by atoms with Crippen LogP contribution in [-0.2, 0) is 6.42 Å². The minimum Gasteiger partial charge on any atom is -0.206 e. The fraction of sp³-hybridized carbons (Fsp3) is 0.103. The summed E-state index contributed by atoms with van der Waals surface area (Å²) in [5.74, 6) is 8.31. The lowest BCUT2D eigenvalue weighted by Gasteiger charge is -2.01. The number of benzene rings is 4. The van der Waals surface area contributed by atoms with E-state index in [0.717, 1.165) is 30.5 Å². The second-order valence-electron chi connectivity index (χ2n) is 7.59.